The summed E-state index contributed by atoms with van der Waals surface area (Å²) in [6.45, 7) is 4.39. The molecule has 0 aliphatic rings. The summed E-state index contributed by atoms with van der Waals surface area (Å²) >= 11 is 7.44. The number of halogens is 1. The van der Waals surface area contributed by atoms with Crippen molar-refractivity contribution in [1.82, 2.24) is 10.1 Å². The van der Waals surface area contributed by atoms with Gasteiger partial charge < -0.3 is 4.52 Å². The smallest absolute Gasteiger partial charge is 0.226 e. The highest BCUT2D eigenvalue weighted by molar-refractivity contribution is 7.99. The van der Waals surface area contributed by atoms with Gasteiger partial charge in [-0.2, -0.15) is 16.7 Å². The first-order chi connectivity index (χ1) is 7.26. The summed E-state index contributed by atoms with van der Waals surface area (Å²) in [4.78, 5) is 4.30. The highest BCUT2D eigenvalue weighted by Crippen LogP contribution is 2.18. The van der Waals surface area contributed by atoms with E-state index in [1.807, 2.05) is 11.8 Å². The number of thioether (sulfide) groups is 1. The summed E-state index contributed by atoms with van der Waals surface area (Å²) in [5.74, 6) is 2.97. The van der Waals surface area contributed by atoms with Crippen LogP contribution in [-0.4, -0.2) is 21.3 Å². The second-order valence-corrected chi connectivity index (χ2v) is 5.23. The van der Waals surface area contributed by atoms with Crippen molar-refractivity contribution in [2.45, 2.75) is 44.1 Å². The van der Waals surface area contributed by atoms with Crippen molar-refractivity contribution in [3.05, 3.63) is 11.7 Å². The molecule has 0 spiro atoms. The van der Waals surface area contributed by atoms with Gasteiger partial charge in [0.15, 0.2) is 5.82 Å². The fourth-order valence-corrected chi connectivity index (χ4v) is 1.92. The summed E-state index contributed by atoms with van der Waals surface area (Å²) in [6, 6.07) is 0. The van der Waals surface area contributed by atoms with Gasteiger partial charge in [-0.1, -0.05) is 19.0 Å². The fourth-order valence-electron chi connectivity index (χ4n) is 1.00. The van der Waals surface area contributed by atoms with Crippen LogP contribution in [0.15, 0.2) is 4.52 Å². The van der Waals surface area contributed by atoms with Crippen LogP contribution in [0.5, 0.6) is 0 Å². The van der Waals surface area contributed by atoms with E-state index >= 15 is 0 Å². The minimum atomic E-state index is 0.638. The zero-order chi connectivity index (χ0) is 11.1. The Hall–Kier alpha value is -0.220. The zero-order valence-electron chi connectivity index (χ0n) is 9.20. The molecule has 1 unspecified atom stereocenters. The summed E-state index contributed by atoms with van der Waals surface area (Å²) in [5, 5.41) is 4.57. The van der Waals surface area contributed by atoms with Crippen molar-refractivity contribution in [3.8, 4) is 0 Å². The van der Waals surface area contributed by atoms with Gasteiger partial charge in [-0.25, -0.2) is 0 Å². The van der Waals surface area contributed by atoms with E-state index in [9.17, 15) is 0 Å². The molecule has 0 aliphatic heterocycles. The van der Waals surface area contributed by atoms with Crippen molar-refractivity contribution >= 4 is 23.4 Å². The SMILES string of the molecule is CCC(C)SCc1noc(CCCCl)n1. The van der Waals surface area contributed by atoms with E-state index in [1.54, 1.807) is 0 Å². The van der Waals surface area contributed by atoms with Crippen LogP contribution in [0.1, 0.15) is 38.4 Å². The largest absolute Gasteiger partial charge is 0.339 e. The second kappa shape index (κ2) is 7.12. The van der Waals surface area contributed by atoms with E-state index < -0.39 is 0 Å². The molecule has 1 aromatic rings. The van der Waals surface area contributed by atoms with Crippen LogP contribution in [0.3, 0.4) is 0 Å². The molecular weight excluding hydrogens is 232 g/mol. The third kappa shape index (κ3) is 4.89. The topological polar surface area (TPSA) is 38.9 Å². The lowest BCUT2D eigenvalue weighted by Crippen LogP contribution is -1.95. The molecule has 0 fully saturated rings. The normalized spacial score (nSPS) is 13.0. The molecule has 0 bridgehead atoms. The number of hydrogen-bond donors (Lipinski definition) is 0. The molecular formula is C10H17ClN2OS. The highest BCUT2D eigenvalue weighted by Gasteiger charge is 2.07. The van der Waals surface area contributed by atoms with Crippen LogP contribution < -0.4 is 0 Å². The van der Waals surface area contributed by atoms with Crippen LogP contribution in [-0.2, 0) is 12.2 Å². The van der Waals surface area contributed by atoms with E-state index in [2.05, 4.69) is 24.0 Å². The maximum Gasteiger partial charge on any atom is 0.226 e. The van der Waals surface area contributed by atoms with Crippen LogP contribution in [0.25, 0.3) is 0 Å². The molecule has 3 nitrogen and oxygen atoms in total. The van der Waals surface area contributed by atoms with E-state index in [4.69, 9.17) is 16.1 Å². The molecule has 0 amide bonds. The minimum absolute atomic E-state index is 0.638. The molecule has 0 radical (unpaired) electrons. The summed E-state index contributed by atoms with van der Waals surface area (Å²) in [5.41, 5.74) is 0. The van der Waals surface area contributed by atoms with E-state index in [0.717, 1.165) is 24.4 Å². The van der Waals surface area contributed by atoms with Gasteiger partial charge in [0.2, 0.25) is 5.89 Å². The Bertz CT molecular complexity index is 280. The maximum absolute atomic E-state index is 5.59. The van der Waals surface area contributed by atoms with Gasteiger partial charge in [-0.3, -0.25) is 0 Å². The molecule has 1 atom stereocenters. The van der Waals surface area contributed by atoms with E-state index in [-0.39, 0.29) is 0 Å². The van der Waals surface area contributed by atoms with Crippen LogP contribution in [0.2, 0.25) is 0 Å². The monoisotopic (exact) mass is 248 g/mol. The first-order valence-corrected chi connectivity index (χ1v) is 6.83. The Balaban J connectivity index is 2.32. The van der Waals surface area contributed by atoms with Crippen molar-refractivity contribution < 1.29 is 4.52 Å². The Labute approximate surface area is 100.0 Å². The third-order valence-electron chi connectivity index (χ3n) is 2.11. The molecule has 0 aromatic carbocycles. The van der Waals surface area contributed by atoms with Crippen molar-refractivity contribution in [1.29, 1.82) is 0 Å². The Morgan fingerprint density at radius 2 is 2.33 bits per heavy atom. The number of rotatable bonds is 7. The molecule has 1 rings (SSSR count). The lowest BCUT2D eigenvalue weighted by Gasteiger charge is -2.04. The van der Waals surface area contributed by atoms with Crippen LogP contribution in [0, 0.1) is 0 Å². The molecule has 1 aromatic heterocycles. The molecule has 0 saturated carbocycles. The summed E-state index contributed by atoms with van der Waals surface area (Å²) in [6.07, 6.45) is 2.84. The van der Waals surface area contributed by atoms with Gasteiger partial charge in [0.1, 0.15) is 0 Å². The molecule has 0 N–H and O–H groups in total. The lowest BCUT2D eigenvalue weighted by molar-refractivity contribution is 0.373. The predicted octanol–water partition coefficient (Wildman–Crippen LogP) is 3.27. The average Bonchev–Trinajstić information content (AvgIpc) is 2.71. The molecule has 5 heteroatoms. The summed E-state index contributed by atoms with van der Waals surface area (Å²) < 4.78 is 5.10. The van der Waals surface area contributed by atoms with Gasteiger partial charge >= 0.3 is 0 Å². The number of hydrogen-bond acceptors (Lipinski definition) is 4. The fraction of sp³-hybridized carbons (Fsp3) is 0.800. The second-order valence-electron chi connectivity index (χ2n) is 3.43. The van der Waals surface area contributed by atoms with Crippen molar-refractivity contribution in [3.63, 3.8) is 0 Å². The lowest BCUT2D eigenvalue weighted by atomic mass is 10.3. The van der Waals surface area contributed by atoms with Crippen molar-refractivity contribution in [2.75, 3.05) is 5.88 Å². The van der Waals surface area contributed by atoms with E-state index in [1.165, 1.54) is 6.42 Å². The van der Waals surface area contributed by atoms with Gasteiger partial charge in [0.05, 0.1) is 5.75 Å². The first kappa shape index (κ1) is 12.8. The Kier molecular flexibility index (Phi) is 6.10. The zero-order valence-corrected chi connectivity index (χ0v) is 10.8. The first-order valence-electron chi connectivity index (χ1n) is 5.25. The summed E-state index contributed by atoms with van der Waals surface area (Å²) in [7, 11) is 0. The number of aromatic nitrogens is 2. The Morgan fingerprint density at radius 1 is 1.53 bits per heavy atom. The third-order valence-corrected chi connectivity index (χ3v) is 3.70. The van der Waals surface area contributed by atoms with Crippen molar-refractivity contribution in [2.24, 2.45) is 0 Å². The number of aryl methyl sites for hydroxylation is 1. The van der Waals surface area contributed by atoms with Gasteiger partial charge in [0, 0.05) is 17.6 Å². The number of alkyl halides is 1. The van der Waals surface area contributed by atoms with Crippen LogP contribution >= 0.6 is 23.4 Å². The quantitative estimate of drug-likeness (QED) is 0.695. The maximum atomic E-state index is 5.59. The molecule has 15 heavy (non-hydrogen) atoms. The van der Waals surface area contributed by atoms with Gasteiger partial charge in [-0.05, 0) is 12.8 Å². The molecule has 1 heterocycles. The Morgan fingerprint density at radius 3 is 3.00 bits per heavy atom. The molecule has 0 aliphatic carbocycles. The van der Waals surface area contributed by atoms with Gasteiger partial charge in [-0.15, -0.1) is 11.6 Å². The predicted molar refractivity (Wildman–Crippen MR) is 64.4 cm³/mol. The average molecular weight is 249 g/mol. The number of nitrogens with zero attached hydrogens (tertiary/aromatic N) is 2. The van der Waals surface area contributed by atoms with Crippen LogP contribution in [0.4, 0.5) is 0 Å². The highest BCUT2D eigenvalue weighted by atomic mass is 35.5. The standard InChI is InChI=1S/C10H17ClN2OS/c1-3-8(2)15-7-9-12-10(14-13-9)5-4-6-11/h8H,3-7H2,1-2H3. The van der Waals surface area contributed by atoms with E-state index in [0.29, 0.717) is 17.0 Å². The molecule has 0 saturated heterocycles. The van der Waals surface area contributed by atoms with Gasteiger partial charge in [0.25, 0.3) is 0 Å². The molecule has 86 valence electrons. The minimum Gasteiger partial charge on any atom is -0.339 e.